The molecule has 0 amide bonds. The van der Waals surface area contributed by atoms with Crippen molar-refractivity contribution in [1.82, 2.24) is 15.3 Å². The molecule has 2 aromatic carbocycles. The van der Waals surface area contributed by atoms with Crippen LogP contribution in [-0.2, 0) is 19.4 Å². The number of hydrogen-bond donors (Lipinski definition) is 1. The first-order valence-corrected chi connectivity index (χ1v) is 10.8. The third kappa shape index (κ3) is 3.33. The van der Waals surface area contributed by atoms with Gasteiger partial charge in [-0.05, 0) is 30.4 Å². The number of aromatic nitrogens is 2. The van der Waals surface area contributed by atoms with E-state index in [0.29, 0.717) is 0 Å². The van der Waals surface area contributed by atoms with E-state index in [4.69, 9.17) is 9.97 Å². The van der Waals surface area contributed by atoms with Crippen LogP contribution in [0.25, 0.3) is 10.8 Å². The van der Waals surface area contributed by atoms with E-state index in [1.54, 1.807) is 0 Å². The smallest absolute Gasteiger partial charge is 0.136 e. The van der Waals surface area contributed by atoms with Gasteiger partial charge in [0.2, 0.25) is 0 Å². The second-order valence-corrected chi connectivity index (χ2v) is 8.10. The quantitative estimate of drug-likeness (QED) is 0.746. The minimum absolute atomic E-state index is 0.859. The van der Waals surface area contributed by atoms with Crippen molar-refractivity contribution in [2.45, 2.75) is 33.2 Å². The summed E-state index contributed by atoms with van der Waals surface area (Å²) in [5.74, 6) is 2.15. The SMILES string of the molecule is CCc1nc2c(c(N3CCNCC3)n1)CCN(c1cccc3cccc(C)c13)C2. The van der Waals surface area contributed by atoms with Gasteiger partial charge in [0.05, 0.1) is 12.2 Å². The van der Waals surface area contributed by atoms with Crippen LogP contribution in [0.2, 0.25) is 0 Å². The monoisotopic (exact) mass is 387 g/mol. The molecule has 5 nitrogen and oxygen atoms in total. The molecule has 1 N–H and O–H groups in total. The maximum atomic E-state index is 4.97. The fourth-order valence-corrected chi connectivity index (χ4v) is 4.73. The van der Waals surface area contributed by atoms with Gasteiger partial charge in [-0.3, -0.25) is 0 Å². The van der Waals surface area contributed by atoms with Crippen LogP contribution in [-0.4, -0.2) is 42.7 Å². The van der Waals surface area contributed by atoms with E-state index in [1.165, 1.54) is 39.1 Å². The average Bonchev–Trinajstić information content (AvgIpc) is 2.78. The van der Waals surface area contributed by atoms with Crippen molar-refractivity contribution in [2.75, 3.05) is 42.5 Å². The number of nitrogens with one attached hydrogen (secondary N) is 1. The number of fused-ring (bicyclic) bond motifs is 2. The highest BCUT2D eigenvalue weighted by Crippen LogP contribution is 2.34. The van der Waals surface area contributed by atoms with Gasteiger partial charge in [-0.2, -0.15) is 0 Å². The first-order valence-electron chi connectivity index (χ1n) is 10.8. The molecule has 0 spiro atoms. The standard InChI is InChI=1S/C24H29N5/c1-3-22-26-20-16-29(21-9-5-8-18-7-4-6-17(2)23(18)21)13-10-19(20)24(27-22)28-14-11-25-12-15-28/h4-9,25H,3,10-16H2,1-2H3. The molecule has 2 aliphatic heterocycles. The van der Waals surface area contributed by atoms with Crippen LogP contribution in [0.4, 0.5) is 11.5 Å². The van der Waals surface area contributed by atoms with Gasteiger partial charge in [0.1, 0.15) is 11.6 Å². The first kappa shape index (κ1) is 18.4. The van der Waals surface area contributed by atoms with Crippen molar-refractivity contribution < 1.29 is 0 Å². The topological polar surface area (TPSA) is 44.3 Å². The van der Waals surface area contributed by atoms with Crippen LogP contribution in [0.15, 0.2) is 36.4 Å². The molecule has 5 heteroatoms. The fourth-order valence-electron chi connectivity index (χ4n) is 4.73. The van der Waals surface area contributed by atoms with Crippen molar-refractivity contribution in [1.29, 1.82) is 0 Å². The molecule has 1 fully saturated rings. The number of anilines is 2. The summed E-state index contributed by atoms with van der Waals surface area (Å²) >= 11 is 0. The third-order valence-electron chi connectivity index (χ3n) is 6.25. The molecule has 0 atom stereocenters. The highest BCUT2D eigenvalue weighted by molar-refractivity contribution is 5.97. The third-order valence-corrected chi connectivity index (χ3v) is 6.25. The molecular formula is C24H29N5. The van der Waals surface area contributed by atoms with Gasteiger partial charge in [-0.1, -0.05) is 37.3 Å². The predicted molar refractivity (Wildman–Crippen MR) is 120 cm³/mol. The maximum Gasteiger partial charge on any atom is 0.136 e. The van der Waals surface area contributed by atoms with Gasteiger partial charge in [0, 0.05) is 55.8 Å². The summed E-state index contributed by atoms with van der Waals surface area (Å²) in [5.41, 5.74) is 5.23. The molecule has 5 rings (SSSR count). The Morgan fingerprint density at radius 1 is 0.966 bits per heavy atom. The molecule has 1 aromatic heterocycles. The molecule has 0 bridgehead atoms. The number of rotatable bonds is 3. The summed E-state index contributed by atoms with van der Waals surface area (Å²) in [5, 5.41) is 6.13. The highest BCUT2D eigenvalue weighted by atomic mass is 15.2. The molecule has 3 heterocycles. The Bertz CT molecular complexity index is 1030. The maximum absolute atomic E-state index is 4.97. The number of hydrogen-bond acceptors (Lipinski definition) is 5. The highest BCUT2D eigenvalue weighted by Gasteiger charge is 2.26. The van der Waals surface area contributed by atoms with Gasteiger partial charge >= 0.3 is 0 Å². The van der Waals surface area contributed by atoms with Crippen molar-refractivity contribution in [3.63, 3.8) is 0 Å². The summed E-state index contributed by atoms with van der Waals surface area (Å²) in [6.45, 7) is 10.3. The van der Waals surface area contributed by atoms with Gasteiger partial charge in [-0.25, -0.2) is 9.97 Å². The Balaban J connectivity index is 1.55. The van der Waals surface area contributed by atoms with Gasteiger partial charge in [0.25, 0.3) is 0 Å². The second-order valence-electron chi connectivity index (χ2n) is 8.10. The van der Waals surface area contributed by atoms with Crippen LogP contribution in [0.1, 0.15) is 29.6 Å². The molecule has 0 aliphatic carbocycles. The Labute approximate surface area is 172 Å². The molecule has 0 radical (unpaired) electrons. The van der Waals surface area contributed by atoms with Gasteiger partial charge in [-0.15, -0.1) is 0 Å². The lowest BCUT2D eigenvalue weighted by molar-refractivity contribution is 0.577. The van der Waals surface area contributed by atoms with E-state index in [1.807, 2.05) is 0 Å². The Hall–Kier alpha value is -2.66. The molecule has 1 saturated heterocycles. The van der Waals surface area contributed by atoms with Crippen LogP contribution >= 0.6 is 0 Å². The van der Waals surface area contributed by atoms with Gasteiger partial charge < -0.3 is 15.1 Å². The molecule has 3 aromatic rings. The largest absolute Gasteiger partial charge is 0.365 e. The van der Waals surface area contributed by atoms with Crippen LogP contribution < -0.4 is 15.1 Å². The molecule has 0 saturated carbocycles. The number of nitrogens with zero attached hydrogens (tertiary/aromatic N) is 4. The van der Waals surface area contributed by atoms with Gasteiger partial charge in [0.15, 0.2) is 0 Å². The summed E-state index contributed by atoms with van der Waals surface area (Å²) < 4.78 is 0. The zero-order chi connectivity index (χ0) is 19.8. The second kappa shape index (κ2) is 7.64. The first-order chi connectivity index (χ1) is 14.2. The van der Waals surface area contributed by atoms with E-state index < -0.39 is 0 Å². The Kier molecular flexibility index (Phi) is 4.84. The lowest BCUT2D eigenvalue weighted by atomic mass is 9.99. The zero-order valence-corrected chi connectivity index (χ0v) is 17.4. The van der Waals surface area contributed by atoms with Crippen LogP contribution in [0, 0.1) is 6.92 Å². The summed E-state index contributed by atoms with van der Waals surface area (Å²) in [4.78, 5) is 14.9. The van der Waals surface area contributed by atoms with Crippen molar-refractivity contribution in [3.8, 4) is 0 Å². The Morgan fingerprint density at radius 3 is 2.55 bits per heavy atom. The van der Waals surface area contributed by atoms with E-state index in [-0.39, 0.29) is 0 Å². The summed E-state index contributed by atoms with van der Waals surface area (Å²) in [6.07, 6.45) is 1.88. The van der Waals surface area contributed by atoms with E-state index in [0.717, 1.165) is 57.9 Å². The number of benzene rings is 2. The van der Waals surface area contributed by atoms with E-state index >= 15 is 0 Å². The van der Waals surface area contributed by atoms with Crippen molar-refractivity contribution in [3.05, 3.63) is 59.0 Å². The average molecular weight is 388 g/mol. The number of piperazine rings is 1. The minimum Gasteiger partial charge on any atom is -0.365 e. The van der Waals surface area contributed by atoms with Crippen molar-refractivity contribution >= 4 is 22.3 Å². The zero-order valence-electron chi connectivity index (χ0n) is 17.4. The lowest BCUT2D eigenvalue weighted by Gasteiger charge is -2.35. The fraction of sp³-hybridized carbons (Fsp3) is 0.417. The predicted octanol–water partition coefficient (Wildman–Crippen LogP) is 3.47. The normalized spacial score (nSPS) is 16.9. The van der Waals surface area contributed by atoms with Crippen LogP contribution in [0.5, 0.6) is 0 Å². The van der Waals surface area contributed by atoms with E-state index in [9.17, 15) is 0 Å². The minimum atomic E-state index is 0.859. The van der Waals surface area contributed by atoms with E-state index in [2.05, 4.69) is 65.4 Å². The molecule has 0 unspecified atom stereocenters. The molecule has 2 aliphatic rings. The summed E-state index contributed by atoms with van der Waals surface area (Å²) in [6, 6.07) is 13.2. The van der Waals surface area contributed by atoms with Crippen molar-refractivity contribution in [2.24, 2.45) is 0 Å². The molecule has 150 valence electrons. The molecule has 29 heavy (non-hydrogen) atoms. The summed E-state index contributed by atoms with van der Waals surface area (Å²) in [7, 11) is 0. The van der Waals surface area contributed by atoms with Crippen LogP contribution in [0.3, 0.4) is 0 Å². The molecular weight excluding hydrogens is 358 g/mol. The Morgan fingerprint density at radius 2 is 1.76 bits per heavy atom. The lowest BCUT2D eigenvalue weighted by Crippen LogP contribution is -2.45. The number of aryl methyl sites for hydroxylation is 2.